The van der Waals surface area contributed by atoms with Gasteiger partial charge in [-0.15, -0.1) is 0 Å². The number of nitrogens with zero attached hydrogens (tertiary/aromatic N) is 3. The smallest absolute Gasteiger partial charge is 0.360 e. The topological polar surface area (TPSA) is 91.1 Å². The highest BCUT2D eigenvalue weighted by Crippen LogP contribution is 2.20. The Labute approximate surface area is 134 Å². The molecule has 0 aliphatic heterocycles. The zero-order valence-electron chi connectivity index (χ0n) is 13.7. The molecule has 0 spiro atoms. The van der Waals surface area contributed by atoms with Gasteiger partial charge in [-0.1, -0.05) is 27.6 Å². The van der Waals surface area contributed by atoms with Crippen LogP contribution in [0.25, 0.3) is 0 Å². The molecule has 0 aromatic heterocycles. The molecule has 0 radical (unpaired) electrons. The van der Waals surface area contributed by atoms with Gasteiger partial charge in [0.05, 0.1) is 12.7 Å². The second kappa shape index (κ2) is 9.19. The molecule has 0 bridgehead atoms. The van der Waals surface area contributed by atoms with E-state index in [1.54, 1.807) is 38.1 Å². The molecule has 0 aliphatic rings. The molecule has 124 valence electrons. The van der Waals surface area contributed by atoms with Gasteiger partial charge >= 0.3 is 5.97 Å². The Hall–Kier alpha value is -2.90. The zero-order valence-corrected chi connectivity index (χ0v) is 13.7. The van der Waals surface area contributed by atoms with E-state index in [4.69, 9.17) is 14.4 Å². The van der Waals surface area contributed by atoms with E-state index >= 15 is 0 Å². The van der Waals surface area contributed by atoms with Gasteiger partial charge in [-0.3, -0.25) is 0 Å². The van der Waals surface area contributed by atoms with Crippen LogP contribution in [-0.2, 0) is 19.2 Å². The molecule has 1 aromatic rings. The van der Waals surface area contributed by atoms with Crippen molar-refractivity contribution in [3.63, 3.8) is 0 Å². The molecule has 0 aliphatic carbocycles. The first kappa shape index (κ1) is 18.1. The van der Waals surface area contributed by atoms with Gasteiger partial charge < -0.3 is 19.2 Å². The molecule has 0 amide bonds. The van der Waals surface area contributed by atoms with Gasteiger partial charge in [0.15, 0.2) is 11.5 Å². The molecule has 1 aromatic carbocycles. The molecule has 8 nitrogen and oxygen atoms in total. The molecule has 0 saturated carbocycles. The molecule has 0 fully saturated rings. The second-order valence-electron chi connectivity index (χ2n) is 4.24. The van der Waals surface area contributed by atoms with Crippen LogP contribution in [0, 0.1) is 0 Å². The predicted molar refractivity (Wildman–Crippen MR) is 85.9 cm³/mol. The zero-order chi connectivity index (χ0) is 17.2. The van der Waals surface area contributed by atoms with Gasteiger partial charge in [0, 0.05) is 0 Å². The van der Waals surface area contributed by atoms with E-state index in [-0.39, 0.29) is 5.71 Å². The summed E-state index contributed by atoms with van der Waals surface area (Å²) in [5.74, 6) is -0.334. The van der Waals surface area contributed by atoms with Crippen molar-refractivity contribution in [2.45, 2.75) is 13.8 Å². The number of methoxy groups -OCH3 is 1. The summed E-state index contributed by atoms with van der Waals surface area (Å²) in [7, 11) is 4.03. The van der Waals surface area contributed by atoms with Crippen LogP contribution in [0.1, 0.15) is 19.4 Å². The van der Waals surface area contributed by atoms with E-state index in [0.717, 1.165) is 0 Å². The van der Waals surface area contributed by atoms with Gasteiger partial charge in [0.1, 0.15) is 25.6 Å². The van der Waals surface area contributed by atoms with Gasteiger partial charge in [-0.2, -0.15) is 0 Å². The maximum absolute atomic E-state index is 11.8. The Morgan fingerprint density at radius 2 is 1.52 bits per heavy atom. The highest BCUT2D eigenvalue weighted by molar-refractivity contribution is 6.43. The van der Waals surface area contributed by atoms with Crippen LogP contribution in [0.5, 0.6) is 5.75 Å². The Balaban J connectivity index is 3.15. The van der Waals surface area contributed by atoms with Gasteiger partial charge in [-0.25, -0.2) is 4.79 Å². The lowest BCUT2D eigenvalue weighted by Gasteiger charge is -2.08. The number of oxime groups is 3. The summed E-state index contributed by atoms with van der Waals surface area (Å²) < 4.78 is 4.69. The maximum atomic E-state index is 11.8. The average Bonchev–Trinajstić information content (AvgIpc) is 2.57. The highest BCUT2D eigenvalue weighted by Gasteiger charge is 2.20. The van der Waals surface area contributed by atoms with Crippen molar-refractivity contribution >= 4 is 23.1 Å². The third-order valence-corrected chi connectivity index (χ3v) is 2.74. The summed E-state index contributed by atoms with van der Waals surface area (Å²) >= 11 is 0. The van der Waals surface area contributed by atoms with Crippen LogP contribution in [0.3, 0.4) is 0 Å². The Morgan fingerprint density at radius 1 is 0.913 bits per heavy atom. The molecule has 0 saturated heterocycles. The number of carbonyl (C=O) groups excluding carboxylic acids is 1. The fraction of sp³-hybridized carbons (Fsp3) is 0.333. The van der Waals surface area contributed by atoms with E-state index in [0.29, 0.717) is 22.7 Å². The number of esters is 1. The molecule has 23 heavy (non-hydrogen) atoms. The molecular formula is C15H19N3O5. The van der Waals surface area contributed by atoms with Crippen molar-refractivity contribution in [1.29, 1.82) is 0 Å². The van der Waals surface area contributed by atoms with E-state index in [9.17, 15) is 4.79 Å². The Bertz CT molecular complexity index is 638. The number of para-hydroxylation sites is 1. The van der Waals surface area contributed by atoms with E-state index in [1.165, 1.54) is 21.3 Å². The summed E-state index contributed by atoms with van der Waals surface area (Å²) in [6.07, 6.45) is 0. The average molecular weight is 321 g/mol. The largest absolute Gasteiger partial charge is 0.464 e. The van der Waals surface area contributed by atoms with Crippen molar-refractivity contribution in [3.8, 4) is 5.75 Å². The number of rotatable bonds is 7. The van der Waals surface area contributed by atoms with Crippen molar-refractivity contribution in [2.75, 3.05) is 21.3 Å². The van der Waals surface area contributed by atoms with Crippen LogP contribution in [-0.4, -0.2) is 44.4 Å². The van der Waals surface area contributed by atoms with Crippen molar-refractivity contribution in [3.05, 3.63) is 29.8 Å². The van der Waals surface area contributed by atoms with Crippen LogP contribution >= 0.6 is 0 Å². The first-order valence-corrected chi connectivity index (χ1v) is 6.63. The minimum Gasteiger partial charge on any atom is -0.464 e. The fourth-order valence-corrected chi connectivity index (χ4v) is 1.51. The lowest BCUT2D eigenvalue weighted by atomic mass is 10.1. The van der Waals surface area contributed by atoms with Crippen molar-refractivity contribution < 1.29 is 24.0 Å². The van der Waals surface area contributed by atoms with Gasteiger partial charge in [0.2, 0.25) is 0 Å². The summed E-state index contributed by atoms with van der Waals surface area (Å²) in [6.45, 7) is 3.44. The van der Waals surface area contributed by atoms with Crippen molar-refractivity contribution in [2.24, 2.45) is 15.5 Å². The molecule has 0 atom stereocenters. The molecule has 1 rings (SSSR count). The summed E-state index contributed by atoms with van der Waals surface area (Å²) in [5.41, 5.74) is 1.44. The molecule has 8 heteroatoms. The normalized spacial score (nSPS) is 12.7. The second-order valence-corrected chi connectivity index (χ2v) is 4.24. The molecule has 0 heterocycles. The van der Waals surface area contributed by atoms with E-state index in [1.807, 2.05) is 0 Å². The standard InChI is InChI=1S/C15H19N3O5/c1-10(16-21-4)11(2)17-23-13-9-7-6-8-12(13)14(18-22-5)15(19)20-3/h6-9H,1-5H3. The van der Waals surface area contributed by atoms with Gasteiger partial charge in [-0.05, 0) is 26.0 Å². The summed E-state index contributed by atoms with van der Waals surface area (Å²) in [6, 6.07) is 6.75. The van der Waals surface area contributed by atoms with E-state index < -0.39 is 5.97 Å². The fourth-order valence-electron chi connectivity index (χ4n) is 1.51. The Kier molecular flexibility index (Phi) is 7.25. The molecule has 0 N–H and O–H groups in total. The third kappa shape index (κ3) is 5.10. The minimum atomic E-state index is -0.652. The van der Waals surface area contributed by atoms with Crippen LogP contribution in [0.4, 0.5) is 0 Å². The number of ether oxygens (including phenoxy) is 1. The molecule has 0 unspecified atom stereocenters. The predicted octanol–water partition coefficient (Wildman–Crippen LogP) is 1.99. The van der Waals surface area contributed by atoms with E-state index in [2.05, 4.69) is 20.3 Å². The highest BCUT2D eigenvalue weighted by atomic mass is 16.6. The third-order valence-electron chi connectivity index (χ3n) is 2.74. The lowest BCUT2D eigenvalue weighted by Crippen LogP contribution is -2.18. The van der Waals surface area contributed by atoms with Crippen LogP contribution < -0.4 is 4.84 Å². The number of benzene rings is 1. The first-order chi connectivity index (χ1) is 11.0. The lowest BCUT2D eigenvalue weighted by molar-refractivity contribution is -0.132. The summed E-state index contributed by atoms with van der Waals surface area (Å²) in [4.78, 5) is 26.6. The minimum absolute atomic E-state index is 0.0271. The first-order valence-electron chi connectivity index (χ1n) is 6.63. The number of carbonyl (C=O) groups is 1. The number of hydrogen-bond donors (Lipinski definition) is 0. The maximum Gasteiger partial charge on any atom is 0.360 e. The Morgan fingerprint density at radius 3 is 2.13 bits per heavy atom. The van der Waals surface area contributed by atoms with Crippen molar-refractivity contribution in [1.82, 2.24) is 0 Å². The SMILES string of the molecule is CON=C(C)C(C)=NOc1ccccc1C(=NOC)C(=O)OC. The van der Waals surface area contributed by atoms with Crippen LogP contribution in [0.15, 0.2) is 39.7 Å². The van der Waals surface area contributed by atoms with Gasteiger partial charge in [0.25, 0.3) is 0 Å². The number of hydrogen-bond acceptors (Lipinski definition) is 8. The van der Waals surface area contributed by atoms with Crippen LogP contribution in [0.2, 0.25) is 0 Å². The quantitative estimate of drug-likeness (QED) is 0.435. The summed E-state index contributed by atoms with van der Waals surface area (Å²) in [5, 5.41) is 11.4. The monoisotopic (exact) mass is 321 g/mol. The molecular weight excluding hydrogens is 302 g/mol.